The van der Waals surface area contributed by atoms with Gasteiger partial charge in [-0.3, -0.25) is 10.0 Å². The fourth-order valence-electron chi connectivity index (χ4n) is 3.42. The van der Waals surface area contributed by atoms with Gasteiger partial charge in [-0.15, -0.1) is 0 Å². The average Bonchev–Trinajstić information content (AvgIpc) is 2.86. The van der Waals surface area contributed by atoms with Gasteiger partial charge in [0.1, 0.15) is 6.04 Å². The number of hydrogen-bond donors (Lipinski definition) is 1. The molecule has 0 aromatic heterocycles. The lowest BCUT2D eigenvalue weighted by Gasteiger charge is -2.28. The highest BCUT2D eigenvalue weighted by Crippen LogP contribution is 2.44. The van der Waals surface area contributed by atoms with Crippen LogP contribution >= 0.6 is 0 Å². The second-order valence-electron chi connectivity index (χ2n) is 6.09. The minimum absolute atomic E-state index is 0.0197. The van der Waals surface area contributed by atoms with Gasteiger partial charge >= 0.3 is 0 Å². The Labute approximate surface area is 140 Å². The van der Waals surface area contributed by atoms with Crippen molar-refractivity contribution in [2.75, 3.05) is 4.90 Å². The lowest BCUT2D eigenvalue weighted by molar-refractivity contribution is -0.301. The average molecular weight is 322 g/mol. The van der Waals surface area contributed by atoms with E-state index >= 15 is 0 Å². The van der Waals surface area contributed by atoms with Crippen molar-refractivity contribution in [3.05, 3.63) is 65.2 Å². The lowest BCUT2D eigenvalue weighted by atomic mass is 9.91. The molecule has 0 saturated heterocycles. The molecule has 5 heteroatoms. The Morgan fingerprint density at radius 2 is 1.79 bits per heavy atom. The van der Waals surface area contributed by atoms with Gasteiger partial charge in [0, 0.05) is 23.6 Å². The van der Waals surface area contributed by atoms with Crippen molar-refractivity contribution < 1.29 is 14.8 Å². The molecule has 24 heavy (non-hydrogen) atoms. The molecule has 2 aromatic carbocycles. The van der Waals surface area contributed by atoms with E-state index < -0.39 is 0 Å². The zero-order chi connectivity index (χ0) is 16.8. The fourth-order valence-corrected chi connectivity index (χ4v) is 3.42. The molecule has 0 radical (unpaired) electrons. The Hall–Kier alpha value is -2.63. The normalized spacial score (nSPS) is 19.8. The molecule has 122 valence electrons. The molecule has 4 rings (SSSR count). The van der Waals surface area contributed by atoms with E-state index in [9.17, 15) is 10.0 Å². The van der Waals surface area contributed by atoms with E-state index in [1.807, 2.05) is 55.5 Å². The number of anilines is 1. The van der Waals surface area contributed by atoms with E-state index in [-0.39, 0.29) is 11.9 Å². The third-order valence-corrected chi connectivity index (χ3v) is 4.63. The molecule has 5 nitrogen and oxygen atoms in total. The molecule has 2 aliphatic rings. The molecule has 2 heterocycles. The van der Waals surface area contributed by atoms with Crippen LogP contribution in [0.5, 0.6) is 0 Å². The summed E-state index contributed by atoms with van der Waals surface area (Å²) in [6.07, 6.45) is 0. The van der Waals surface area contributed by atoms with Crippen LogP contribution in [-0.4, -0.2) is 22.4 Å². The molecule has 1 N–H and O–H groups in total. The third-order valence-electron chi connectivity index (χ3n) is 4.63. The quantitative estimate of drug-likeness (QED) is 0.807. The maximum Gasteiger partial charge on any atom is 0.224 e. The minimum Gasteiger partial charge on any atom is -0.379 e. The molecule has 0 saturated carbocycles. The van der Waals surface area contributed by atoms with Crippen molar-refractivity contribution in [1.29, 1.82) is 0 Å². The SMILES string of the molecule is CC(=O)N1Cc2ccccc2C2=C(c3ccccc31)C(C)N(O)O2. The summed E-state index contributed by atoms with van der Waals surface area (Å²) in [5.74, 6) is 0.630. The summed E-state index contributed by atoms with van der Waals surface area (Å²) >= 11 is 0. The predicted octanol–water partition coefficient (Wildman–Crippen LogP) is 3.45. The molecule has 0 spiro atoms. The summed E-state index contributed by atoms with van der Waals surface area (Å²) in [5.41, 5.74) is 4.50. The number of nitrogens with zero attached hydrogens (tertiary/aromatic N) is 2. The second kappa shape index (κ2) is 5.47. The Morgan fingerprint density at radius 3 is 2.54 bits per heavy atom. The summed E-state index contributed by atoms with van der Waals surface area (Å²) in [4.78, 5) is 19.7. The minimum atomic E-state index is -0.332. The van der Waals surface area contributed by atoms with Crippen LogP contribution in [0.2, 0.25) is 0 Å². The van der Waals surface area contributed by atoms with Crippen molar-refractivity contribution in [3.63, 3.8) is 0 Å². The largest absolute Gasteiger partial charge is 0.379 e. The van der Waals surface area contributed by atoms with E-state index in [1.54, 1.807) is 11.8 Å². The number of carbonyl (C=O) groups is 1. The third kappa shape index (κ3) is 2.13. The van der Waals surface area contributed by atoms with Crippen LogP contribution in [0, 0.1) is 0 Å². The van der Waals surface area contributed by atoms with E-state index in [0.717, 1.165) is 33.2 Å². The van der Waals surface area contributed by atoms with Crippen LogP contribution in [0.4, 0.5) is 5.69 Å². The summed E-state index contributed by atoms with van der Waals surface area (Å²) in [5, 5.41) is 11.0. The van der Waals surface area contributed by atoms with Gasteiger partial charge in [0.15, 0.2) is 5.76 Å². The predicted molar refractivity (Wildman–Crippen MR) is 90.7 cm³/mol. The first kappa shape index (κ1) is 14.9. The van der Waals surface area contributed by atoms with Crippen LogP contribution in [0.1, 0.15) is 30.5 Å². The number of fused-ring (bicyclic) bond motifs is 4. The monoisotopic (exact) mass is 322 g/mol. The van der Waals surface area contributed by atoms with Crippen molar-refractivity contribution in [1.82, 2.24) is 5.23 Å². The fraction of sp³-hybridized carbons (Fsp3) is 0.211. The Kier molecular flexibility index (Phi) is 3.40. The Bertz CT molecular complexity index is 859. The van der Waals surface area contributed by atoms with Gasteiger partial charge in [-0.05, 0) is 23.8 Å². The van der Waals surface area contributed by atoms with Gasteiger partial charge in [0.25, 0.3) is 0 Å². The number of amides is 1. The number of hydroxylamine groups is 2. The lowest BCUT2D eigenvalue weighted by Crippen LogP contribution is -2.30. The molecular formula is C19H18N2O3. The van der Waals surface area contributed by atoms with E-state index in [2.05, 4.69) is 0 Å². The van der Waals surface area contributed by atoms with Gasteiger partial charge in [-0.25, -0.2) is 0 Å². The molecule has 0 bridgehead atoms. The molecule has 0 fully saturated rings. The molecular weight excluding hydrogens is 304 g/mol. The van der Waals surface area contributed by atoms with Gasteiger partial charge < -0.3 is 9.74 Å². The highest BCUT2D eigenvalue weighted by atomic mass is 16.9. The first-order valence-corrected chi connectivity index (χ1v) is 7.94. The molecule has 1 atom stereocenters. The summed E-state index contributed by atoms with van der Waals surface area (Å²) in [6, 6.07) is 15.2. The summed E-state index contributed by atoms with van der Waals surface area (Å²) in [7, 11) is 0. The van der Waals surface area contributed by atoms with Crippen LogP contribution < -0.4 is 4.90 Å². The van der Waals surface area contributed by atoms with Crippen LogP contribution in [0.15, 0.2) is 48.5 Å². The Morgan fingerprint density at radius 1 is 1.12 bits per heavy atom. The maximum absolute atomic E-state index is 12.3. The standard InChI is InChI=1S/C19H18N2O3/c1-12-18-16-9-5-6-10-17(16)20(13(2)22)11-14-7-3-4-8-15(14)19(18)24-21(12)23/h3-10,12,23H,11H2,1-2H3. The molecule has 2 aromatic rings. The van der Waals surface area contributed by atoms with Gasteiger partial charge in [0.05, 0.1) is 12.2 Å². The first-order valence-electron chi connectivity index (χ1n) is 7.94. The van der Waals surface area contributed by atoms with E-state index in [0.29, 0.717) is 12.3 Å². The number of carbonyl (C=O) groups excluding carboxylic acids is 1. The molecule has 2 aliphatic heterocycles. The first-order chi connectivity index (χ1) is 11.6. The molecule has 0 aliphatic carbocycles. The van der Waals surface area contributed by atoms with E-state index in [4.69, 9.17) is 4.84 Å². The molecule has 1 unspecified atom stereocenters. The van der Waals surface area contributed by atoms with Crippen molar-refractivity contribution >= 4 is 22.9 Å². The number of hydrogen-bond acceptors (Lipinski definition) is 4. The van der Waals surface area contributed by atoms with Crippen LogP contribution in [0.3, 0.4) is 0 Å². The van der Waals surface area contributed by atoms with Crippen molar-refractivity contribution in [2.45, 2.75) is 26.4 Å². The number of para-hydroxylation sites is 1. The van der Waals surface area contributed by atoms with Crippen LogP contribution in [-0.2, 0) is 16.2 Å². The second-order valence-corrected chi connectivity index (χ2v) is 6.09. The zero-order valence-corrected chi connectivity index (χ0v) is 13.6. The van der Waals surface area contributed by atoms with Gasteiger partial charge in [-0.2, -0.15) is 0 Å². The number of rotatable bonds is 0. The van der Waals surface area contributed by atoms with Crippen LogP contribution in [0.25, 0.3) is 11.3 Å². The highest BCUT2D eigenvalue weighted by molar-refractivity contribution is 6.01. The summed E-state index contributed by atoms with van der Waals surface area (Å²) < 4.78 is 0. The number of benzene rings is 2. The zero-order valence-electron chi connectivity index (χ0n) is 13.6. The Balaban J connectivity index is 2.06. The van der Waals surface area contributed by atoms with Crippen molar-refractivity contribution in [3.8, 4) is 0 Å². The van der Waals surface area contributed by atoms with Crippen molar-refractivity contribution in [2.24, 2.45) is 0 Å². The highest BCUT2D eigenvalue weighted by Gasteiger charge is 2.37. The maximum atomic E-state index is 12.3. The van der Waals surface area contributed by atoms with Gasteiger partial charge in [-0.1, -0.05) is 42.5 Å². The summed E-state index contributed by atoms with van der Waals surface area (Å²) in [6.45, 7) is 3.91. The van der Waals surface area contributed by atoms with Gasteiger partial charge in [0.2, 0.25) is 5.91 Å². The van der Waals surface area contributed by atoms with E-state index in [1.165, 1.54) is 0 Å². The smallest absolute Gasteiger partial charge is 0.224 e. The molecule has 1 amide bonds. The topological polar surface area (TPSA) is 53.0 Å².